The molecule has 8 heteroatoms. The van der Waals surface area contributed by atoms with Gasteiger partial charge in [-0.2, -0.15) is 0 Å². The molecular formula is C27H34NO6P. The monoisotopic (exact) mass is 499 g/mol. The highest BCUT2D eigenvalue weighted by Gasteiger charge is 2.35. The minimum atomic E-state index is -3.08. The zero-order valence-electron chi connectivity index (χ0n) is 20.2. The lowest BCUT2D eigenvalue weighted by molar-refractivity contribution is -0.141. The van der Waals surface area contributed by atoms with Crippen molar-refractivity contribution in [3.8, 4) is 0 Å². The number of carboxylic acids is 1. The number of carbonyl (C=O) groups excluding carboxylic acids is 2. The van der Waals surface area contributed by atoms with Gasteiger partial charge in [0.15, 0.2) is 0 Å². The summed E-state index contributed by atoms with van der Waals surface area (Å²) in [6.07, 6.45) is 4.14. The Balaban J connectivity index is 1.47. The molecule has 7 nitrogen and oxygen atoms in total. The summed E-state index contributed by atoms with van der Waals surface area (Å²) in [5.74, 6) is -2.40. The lowest BCUT2D eigenvalue weighted by atomic mass is 10.0. The third-order valence-electron chi connectivity index (χ3n) is 6.33. The molecule has 1 N–H and O–H groups in total. The summed E-state index contributed by atoms with van der Waals surface area (Å²) in [5, 5.41) is 9.74. The van der Waals surface area contributed by atoms with E-state index in [9.17, 15) is 24.1 Å². The second-order valence-corrected chi connectivity index (χ2v) is 11.6. The van der Waals surface area contributed by atoms with E-state index in [1.54, 1.807) is 31.2 Å². The zero-order chi connectivity index (χ0) is 25.3. The van der Waals surface area contributed by atoms with E-state index in [0.717, 1.165) is 12.8 Å². The van der Waals surface area contributed by atoms with E-state index in [1.807, 2.05) is 18.2 Å². The molecule has 0 aliphatic carbocycles. The molecule has 3 rings (SSSR count). The Hall–Kier alpha value is -2.76. The maximum Gasteiger partial charge on any atom is 0.307 e. The van der Waals surface area contributed by atoms with Crippen LogP contribution in [0, 0.1) is 5.92 Å². The summed E-state index contributed by atoms with van der Waals surface area (Å²) in [6.45, 7) is 2.29. The van der Waals surface area contributed by atoms with Gasteiger partial charge in [0.1, 0.15) is 0 Å². The molecule has 0 bridgehead atoms. The Bertz CT molecular complexity index is 1040. The molecule has 1 aliphatic rings. The predicted octanol–water partition coefficient (Wildman–Crippen LogP) is 5.49. The molecule has 0 radical (unpaired) electrons. The molecule has 188 valence electrons. The van der Waals surface area contributed by atoms with Gasteiger partial charge in [-0.3, -0.25) is 23.8 Å². The van der Waals surface area contributed by atoms with Gasteiger partial charge in [0.25, 0.3) is 11.8 Å². The van der Waals surface area contributed by atoms with Crippen LogP contribution < -0.4 is 0 Å². The molecule has 35 heavy (non-hydrogen) atoms. The number of carbonyl (C=O) groups is 3. The number of unbranched alkanes of at least 4 members (excludes halogenated alkanes) is 2. The molecule has 0 spiro atoms. The zero-order valence-corrected chi connectivity index (χ0v) is 21.1. The van der Waals surface area contributed by atoms with Crippen molar-refractivity contribution >= 4 is 25.2 Å². The molecule has 0 aromatic heterocycles. The molecule has 2 aromatic carbocycles. The summed E-state index contributed by atoms with van der Waals surface area (Å²) < 4.78 is 19.0. The fourth-order valence-electron chi connectivity index (χ4n) is 4.50. The van der Waals surface area contributed by atoms with Gasteiger partial charge < -0.3 is 9.63 Å². The van der Waals surface area contributed by atoms with Gasteiger partial charge in [0.2, 0.25) is 7.37 Å². The van der Waals surface area contributed by atoms with Crippen molar-refractivity contribution in [1.82, 2.24) is 4.90 Å². The molecule has 2 amide bonds. The SMILES string of the molecule is CCOP(=O)(CCCCc1ccccc1)CC(CCCCN1C(=O)c2ccccc2C1=O)C(=O)O. The smallest absolute Gasteiger partial charge is 0.307 e. The second-order valence-electron chi connectivity index (χ2n) is 8.92. The van der Waals surface area contributed by atoms with Crippen molar-refractivity contribution in [2.24, 2.45) is 5.92 Å². The van der Waals surface area contributed by atoms with Crippen molar-refractivity contribution in [2.75, 3.05) is 25.5 Å². The number of hydrogen-bond donors (Lipinski definition) is 1. The lowest BCUT2D eigenvalue weighted by Crippen LogP contribution is -2.30. The van der Waals surface area contributed by atoms with Gasteiger partial charge in [-0.25, -0.2) is 0 Å². The average molecular weight is 500 g/mol. The Morgan fingerprint density at radius 3 is 2.17 bits per heavy atom. The maximum absolute atomic E-state index is 13.4. The molecular weight excluding hydrogens is 465 g/mol. The van der Waals surface area contributed by atoms with Crippen LogP contribution in [0.15, 0.2) is 54.6 Å². The van der Waals surface area contributed by atoms with Gasteiger partial charge >= 0.3 is 5.97 Å². The first-order valence-corrected chi connectivity index (χ1v) is 14.3. The topological polar surface area (TPSA) is 101 Å². The standard InChI is InChI=1S/C27H34NO6P/c1-2-34-35(33,19-11-9-14-21-12-4-3-5-13-21)20-22(27(31)32)15-8-10-18-28-25(29)23-16-6-7-17-24(23)26(28)30/h3-7,12-13,16-17,22H,2,8-11,14-15,18-20H2,1H3,(H,31,32). The quantitative estimate of drug-likeness (QED) is 0.198. The fourth-order valence-corrected chi connectivity index (χ4v) is 7.11. The Kier molecular flexibility index (Phi) is 9.82. The minimum Gasteiger partial charge on any atom is -0.481 e. The molecule has 1 aliphatic heterocycles. The highest BCUT2D eigenvalue weighted by atomic mass is 31.2. The number of amides is 2. The van der Waals surface area contributed by atoms with Crippen molar-refractivity contribution in [1.29, 1.82) is 0 Å². The Morgan fingerprint density at radius 2 is 1.57 bits per heavy atom. The van der Waals surface area contributed by atoms with E-state index in [1.165, 1.54) is 10.5 Å². The van der Waals surface area contributed by atoms with Gasteiger partial charge in [0.05, 0.1) is 23.7 Å². The van der Waals surface area contributed by atoms with Gasteiger partial charge in [-0.05, 0) is 56.7 Å². The van der Waals surface area contributed by atoms with E-state index in [2.05, 4.69) is 12.1 Å². The van der Waals surface area contributed by atoms with Crippen molar-refractivity contribution < 1.29 is 28.6 Å². The third kappa shape index (κ3) is 7.36. The number of hydrogen-bond acceptors (Lipinski definition) is 5. The maximum atomic E-state index is 13.4. The largest absolute Gasteiger partial charge is 0.481 e. The molecule has 0 saturated carbocycles. The Labute approximate surface area is 206 Å². The Morgan fingerprint density at radius 1 is 0.943 bits per heavy atom. The van der Waals surface area contributed by atoms with Gasteiger partial charge in [-0.1, -0.05) is 48.9 Å². The van der Waals surface area contributed by atoms with E-state index < -0.39 is 19.3 Å². The van der Waals surface area contributed by atoms with Gasteiger partial charge in [-0.15, -0.1) is 0 Å². The molecule has 0 fully saturated rings. The van der Waals surface area contributed by atoms with Crippen LogP contribution in [0.25, 0.3) is 0 Å². The number of aryl methyl sites for hydroxylation is 1. The van der Waals surface area contributed by atoms with Crippen LogP contribution in [0.5, 0.6) is 0 Å². The van der Waals surface area contributed by atoms with Crippen LogP contribution in [-0.2, 0) is 20.3 Å². The summed E-state index contributed by atoms with van der Waals surface area (Å²) in [5.41, 5.74) is 2.04. The molecule has 2 unspecified atom stereocenters. The number of rotatable bonds is 15. The number of fused-ring (bicyclic) bond motifs is 1. The first kappa shape index (κ1) is 26.8. The van der Waals surface area contributed by atoms with Crippen LogP contribution in [0.4, 0.5) is 0 Å². The highest BCUT2D eigenvalue weighted by Crippen LogP contribution is 2.50. The highest BCUT2D eigenvalue weighted by molar-refractivity contribution is 7.59. The van der Waals surface area contributed by atoms with Gasteiger partial charge in [0, 0.05) is 18.9 Å². The fraction of sp³-hybridized carbons (Fsp3) is 0.444. The van der Waals surface area contributed by atoms with Crippen molar-refractivity contribution in [2.45, 2.75) is 45.4 Å². The van der Waals surface area contributed by atoms with Crippen molar-refractivity contribution in [3.05, 3.63) is 71.3 Å². The number of nitrogens with zero attached hydrogens (tertiary/aromatic N) is 1. The first-order valence-electron chi connectivity index (χ1n) is 12.3. The van der Waals surface area contributed by atoms with Crippen LogP contribution in [-0.4, -0.2) is 53.3 Å². The van der Waals surface area contributed by atoms with E-state index in [0.29, 0.717) is 43.0 Å². The molecule has 2 aromatic rings. The van der Waals surface area contributed by atoms with E-state index in [4.69, 9.17) is 4.52 Å². The summed E-state index contributed by atoms with van der Waals surface area (Å²) in [6, 6.07) is 16.8. The predicted molar refractivity (Wildman–Crippen MR) is 135 cm³/mol. The normalized spacial score (nSPS) is 15.6. The van der Waals surface area contributed by atoms with E-state index in [-0.39, 0.29) is 31.1 Å². The summed E-state index contributed by atoms with van der Waals surface area (Å²) >= 11 is 0. The lowest BCUT2D eigenvalue weighted by Gasteiger charge is -2.22. The second kappa shape index (κ2) is 12.8. The first-order chi connectivity index (χ1) is 16.8. The molecule has 1 heterocycles. The van der Waals surface area contributed by atoms with Crippen LogP contribution >= 0.6 is 7.37 Å². The van der Waals surface area contributed by atoms with Crippen LogP contribution in [0.1, 0.15) is 65.3 Å². The molecule has 0 saturated heterocycles. The third-order valence-corrected chi connectivity index (χ3v) is 9.06. The number of imide groups is 1. The van der Waals surface area contributed by atoms with E-state index >= 15 is 0 Å². The van der Waals surface area contributed by atoms with Crippen LogP contribution in [0.2, 0.25) is 0 Å². The summed E-state index contributed by atoms with van der Waals surface area (Å²) in [7, 11) is -3.08. The average Bonchev–Trinajstić information content (AvgIpc) is 3.09. The van der Waals surface area contributed by atoms with Crippen LogP contribution in [0.3, 0.4) is 0 Å². The minimum absolute atomic E-state index is 0.00846. The number of carboxylic acid groups (broad SMARTS) is 1. The van der Waals surface area contributed by atoms with Crippen molar-refractivity contribution in [3.63, 3.8) is 0 Å². The number of benzene rings is 2. The number of aliphatic carboxylic acids is 1. The summed E-state index contributed by atoms with van der Waals surface area (Å²) in [4.78, 5) is 38.1. The molecule has 2 atom stereocenters.